The summed E-state index contributed by atoms with van der Waals surface area (Å²) in [5.74, 6) is -1.75. The van der Waals surface area contributed by atoms with Gasteiger partial charge in [-0.2, -0.15) is 4.31 Å². The van der Waals surface area contributed by atoms with E-state index in [2.05, 4.69) is 6.92 Å². The predicted molar refractivity (Wildman–Crippen MR) is 146 cm³/mol. The molecule has 0 radical (unpaired) electrons. The number of aliphatic carboxylic acids is 1. The van der Waals surface area contributed by atoms with Crippen LogP contribution in [-0.4, -0.2) is 30.3 Å². The summed E-state index contributed by atoms with van der Waals surface area (Å²) in [5, 5.41) is 9.58. The van der Waals surface area contributed by atoms with Crippen LogP contribution in [0.1, 0.15) is 53.5 Å². The van der Waals surface area contributed by atoms with Crippen molar-refractivity contribution in [3.05, 3.63) is 97.9 Å². The third-order valence-electron chi connectivity index (χ3n) is 6.86. The second-order valence-electron chi connectivity index (χ2n) is 9.56. The molecule has 0 bridgehead atoms. The van der Waals surface area contributed by atoms with Crippen molar-refractivity contribution in [1.82, 2.24) is 4.31 Å². The molecule has 4 rings (SSSR count). The summed E-state index contributed by atoms with van der Waals surface area (Å²) >= 11 is 1.90. The molecule has 1 aliphatic heterocycles. The van der Waals surface area contributed by atoms with E-state index in [1.54, 1.807) is 28.6 Å². The van der Waals surface area contributed by atoms with E-state index in [0.717, 1.165) is 35.1 Å². The van der Waals surface area contributed by atoms with Crippen molar-refractivity contribution in [2.75, 3.05) is 6.54 Å². The van der Waals surface area contributed by atoms with Crippen LogP contribution >= 0.6 is 22.6 Å². The number of carbonyl (C=O) groups is 1. The van der Waals surface area contributed by atoms with Gasteiger partial charge in [-0.15, -0.1) is 0 Å². The Morgan fingerprint density at radius 1 is 1.14 bits per heavy atom. The summed E-state index contributed by atoms with van der Waals surface area (Å²) < 4.78 is 43.7. The smallest absolute Gasteiger partial charge is 0.304 e. The molecule has 5 nitrogen and oxygen atoms in total. The van der Waals surface area contributed by atoms with Gasteiger partial charge in [-0.25, -0.2) is 12.8 Å². The summed E-state index contributed by atoms with van der Waals surface area (Å²) in [6.07, 6.45) is 1.42. The molecule has 0 saturated carbocycles. The topological polar surface area (TPSA) is 74.7 Å². The zero-order chi connectivity index (χ0) is 26.0. The number of benzene rings is 3. The van der Waals surface area contributed by atoms with Gasteiger partial charge in [0.05, 0.1) is 11.3 Å². The first kappa shape index (κ1) is 26.8. The van der Waals surface area contributed by atoms with Crippen molar-refractivity contribution in [3.8, 4) is 0 Å². The Bertz CT molecular complexity index is 1390. The quantitative estimate of drug-likeness (QED) is 0.337. The standard InChI is InChI=1S/C28H29FINO4S/c1-18-7-9-20-5-3-4-6-27(20)36(34,35)31(16-18)17-23-13-21(10-8-19(23)2)24(15-28(32)33)22-11-12-26(30)25(29)14-22/h3-6,8,10-14,18,24H,7,9,15-17H2,1-2H3,(H,32,33)/t18-,24?/m0/s1. The number of carboxylic acid groups (broad SMARTS) is 1. The van der Waals surface area contributed by atoms with Crippen LogP contribution in [0.25, 0.3) is 0 Å². The van der Waals surface area contributed by atoms with Crippen molar-refractivity contribution in [2.24, 2.45) is 5.92 Å². The average molecular weight is 622 g/mol. The van der Waals surface area contributed by atoms with Gasteiger partial charge in [0.1, 0.15) is 5.82 Å². The van der Waals surface area contributed by atoms with Gasteiger partial charge in [-0.3, -0.25) is 4.79 Å². The van der Waals surface area contributed by atoms with Gasteiger partial charge in [-0.1, -0.05) is 49.4 Å². The fourth-order valence-corrected chi connectivity index (χ4v) is 6.92. The molecule has 0 amide bonds. The van der Waals surface area contributed by atoms with Crippen LogP contribution in [0.15, 0.2) is 65.6 Å². The molecule has 1 aliphatic rings. The summed E-state index contributed by atoms with van der Waals surface area (Å²) in [6.45, 7) is 4.57. The van der Waals surface area contributed by atoms with Gasteiger partial charge in [0.15, 0.2) is 0 Å². The largest absolute Gasteiger partial charge is 0.481 e. The Morgan fingerprint density at radius 2 is 1.83 bits per heavy atom. The molecule has 0 fully saturated rings. The molecule has 36 heavy (non-hydrogen) atoms. The number of sulfonamides is 1. The number of halogens is 2. The number of nitrogens with zero attached hydrogens (tertiary/aromatic N) is 1. The highest BCUT2D eigenvalue weighted by Gasteiger charge is 2.31. The van der Waals surface area contributed by atoms with Crippen molar-refractivity contribution < 1.29 is 22.7 Å². The summed E-state index contributed by atoms with van der Waals surface area (Å²) in [4.78, 5) is 12.1. The first-order chi connectivity index (χ1) is 17.1. The SMILES string of the molecule is Cc1ccc(C(CC(=O)O)c2ccc(I)c(F)c2)cc1CN1C[C@@H](C)CCc2ccccc2S1(=O)=O. The molecule has 0 aromatic heterocycles. The Balaban J connectivity index is 1.74. The maximum absolute atomic E-state index is 14.3. The van der Waals surface area contributed by atoms with E-state index in [0.29, 0.717) is 20.6 Å². The van der Waals surface area contributed by atoms with Gasteiger partial charge in [0.25, 0.3) is 0 Å². The van der Waals surface area contributed by atoms with Crippen molar-refractivity contribution in [2.45, 2.75) is 50.5 Å². The Kier molecular flexibility index (Phi) is 8.16. The van der Waals surface area contributed by atoms with Gasteiger partial charge in [-0.05, 0) is 94.3 Å². The fourth-order valence-electron chi connectivity index (χ4n) is 4.79. The third kappa shape index (κ3) is 5.81. The van der Waals surface area contributed by atoms with E-state index >= 15 is 0 Å². The van der Waals surface area contributed by atoms with Gasteiger partial charge in [0.2, 0.25) is 10.0 Å². The molecular formula is C28H29FINO4S. The lowest BCUT2D eigenvalue weighted by Gasteiger charge is -2.30. The van der Waals surface area contributed by atoms with Crippen LogP contribution in [0, 0.1) is 22.2 Å². The number of aryl methyl sites for hydroxylation is 2. The fraction of sp³-hybridized carbons (Fsp3) is 0.321. The minimum atomic E-state index is -3.72. The van der Waals surface area contributed by atoms with E-state index in [4.69, 9.17) is 0 Å². The first-order valence-corrected chi connectivity index (χ1v) is 14.4. The van der Waals surface area contributed by atoms with Crippen molar-refractivity contribution in [1.29, 1.82) is 0 Å². The van der Waals surface area contributed by atoms with Crippen LogP contribution in [0.3, 0.4) is 0 Å². The summed E-state index contributed by atoms with van der Waals surface area (Å²) in [5.41, 5.74) is 3.85. The van der Waals surface area contributed by atoms with Crippen LogP contribution in [0.2, 0.25) is 0 Å². The lowest BCUT2D eigenvalue weighted by Crippen LogP contribution is -2.36. The number of rotatable bonds is 6. The molecule has 1 unspecified atom stereocenters. The number of carboxylic acids is 1. The Labute approximate surface area is 225 Å². The number of fused-ring (bicyclic) bond motifs is 1. The highest BCUT2D eigenvalue weighted by Crippen LogP contribution is 2.33. The maximum Gasteiger partial charge on any atom is 0.304 e. The molecule has 8 heteroatoms. The first-order valence-electron chi connectivity index (χ1n) is 11.9. The molecule has 3 aromatic rings. The predicted octanol–water partition coefficient (Wildman–Crippen LogP) is 6.12. The minimum absolute atomic E-state index is 0.182. The number of hydrogen-bond acceptors (Lipinski definition) is 3. The lowest BCUT2D eigenvalue weighted by molar-refractivity contribution is -0.137. The summed E-state index contributed by atoms with van der Waals surface area (Å²) in [7, 11) is -3.72. The molecule has 2 atom stereocenters. The molecule has 1 N–H and O–H groups in total. The minimum Gasteiger partial charge on any atom is -0.481 e. The molecular weight excluding hydrogens is 592 g/mol. The Morgan fingerprint density at radius 3 is 2.56 bits per heavy atom. The van der Waals surface area contributed by atoms with Crippen LogP contribution in [0.4, 0.5) is 4.39 Å². The third-order valence-corrected chi connectivity index (χ3v) is 9.65. The summed E-state index contributed by atoms with van der Waals surface area (Å²) in [6, 6.07) is 17.6. The Hall–Kier alpha value is -2.30. The molecule has 0 saturated heterocycles. The van der Waals surface area contributed by atoms with E-state index < -0.39 is 27.7 Å². The highest BCUT2D eigenvalue weighted by molar-refractivity contribution is 14.1. The number of hydrogen-bond donors (Lipinski definition) is 1. The molecule has 1 heterocycles. The van der Waals surface area contributed by atoms with Gasteiger partial charge >= 0.3 is 5.97 Å². The van der Waals surface area contributed by atoms with Crippen LogP contribution in [-0.2, 0) is 27.8 Å². The van der Waals surface area contributed by atoms with E-state index in [-0.39, 0.29) is 18.9 Å². The molecule has 0 aliphatic carbocycles. The second-order valence-corrected chi connectivity index (χ2v) is 12.6. The van der Waals surface area contributed by atoms with E-state index in [1.807, 2.05) is 59.8 Å². The highest BCUT2D eigenvalue weighted by atomic mass is 127. The van der Waals surface area contributed by atoms with Crippen LogP contribution < -0.4 is 0 Å². The zero-order valence-electron chi connectivity index (χ0n) is 20.2. The molecule has 0 spiro atoms. The van der Waals surface area contributed by atoms with E-state index in [9.17, 15) is 22.7 Å². The van der Waals surface area contributed by atoms with Gasteiger partial charge in [0, 0.05) is 22.6 Å². The van der Waals surface area contributed by atoms with E-state index in [1.165, 1.54) is 6.07 Å². The average Bonchev–Trinajstić information content (AvgIpc) is 2.83. The normalized spacial score (nSPS) is 18.6. The zero-order valence-corrected chi connectivity index (χ0v) is 23.2. The maximum atomic E-state index is 14.3. The second kappa shape index (κ2) is 11.0. The van der Waals surface area contributed by atoms with Crippen molar-refractivity contribution >= 4 is 38.6 Å². The van der Waals surface area contributed by atoms with Crippen molar-refractivity contribution in [3.63, 3.8) is 0 Å². The molecule has 3 aromatic carbocycles. The molecule has 190 valence electrons. The lowest BCUT2D eigenvalue weighted by atomic mass is 9.87. The monoisotopic (exact) mass is 621 g/mol. The van der Waals surface area contributed by atoms with Crippen LogP contribution in [0.5, 0.6) is 0 Å². The van der Waals surface area contributed by atoms with Gasteiger partial charge < -0.3 is 5.11 Å².